The van der Waals surface area contributed by atoms with Crippen molar-refractivity contribution in [3.05, 3.63) is 59.7 Å². The summed E-state index contributed by atoms with van der Waals surface area (Å²) < 4.78 is 11.3. The summed E-state index contributed by atoms with van der Waals surface area (Å²) in [4.78, 5) is 4.70. The zero-order chi connectivity index (χ0) is 20.0. The first-order valence-electron chi connectivity index (χ1n) is 9.96. The van der Waals surface area contributed by atoms with Crippen molar-refractivity contribution in [1.29, 1.82) is 0 Å². The molecule has 0 bridgehead atoms. The number of ether oxygens (including phenoxy) is 2. The maximum atomic E-state index is 6.19. The summed E-state index contributed by atoms with van der Waals surface area (Å²) in [5.74, 6) is 1.27. The number of guanidine groups is 1. The van der Waals surface area contributed by atoms with Crippen LogP contribution in [0.1, 0.15) is 37.8 Å². The molecule has 0 amide bonds. The number of hydrogen-bond acceptors (Lipinski definition) is 3. The molecule has 5 nitrogen and oxygen atoms in total. The van der Waals surface area contributed by atoms with Gasteiger partial charge in [-0.1, -0.05) is 24.3 Å². The van der Waals surface area contributed by atoms with Gasteiger partial charge in [0.2, 0.25) is 0 Å². The lowest BCUT2D eigenvalue weighted by Gasteiger charge is -2.37. The normalized spacial score (nSPS) is 16.2. The third-order valence-corrected chi connectivity index (χ3v) is 5.22. The highest BCUT2D eigenvalue weighted by molar-refractivity contribution is 14.0. The van der Waals surface area contributed by atoms with Crippen molar-refractivity contribution in [1.82, 2.24) is 0 Å². The van der Waals surface area contributed by atoms with E-state index < -0.39 is 0 Å². The standard InChI is InChI=1S/C23H31N3O2.HI/c1-17(2)28-20-10-8-19(9-11-20)26-22(24)25-16-23(12-14-27-15-13-23)21-7-5-4-6-18(21)3;/h4-11,17H,12-16H2,1-3H3,(H3,24,25,26);1H. The second-order valence-electron chi connectivity index (χ2n) is 7.73. The van der Waals surface area contributed by atoms with Crippen LogP contribution in [-0.2, 0) is 10.2 Å². The molecule has 3 N–H and O–H groups in total. The number of hydrogen-bond donors (Lipinski definition) is 2. The van der Waals surface area contributed by atoms with Crippen molar-refractivity contribution in [2.75, 3.05) is 25.1 Å². The largest absolute Gasteiger partial charge is 0.491 e. The van der Waals surface area contributed by atoms with E-state index >= 15 is 0 Å². The molecule has 0 radical (unpaired) electrons. The van der Waals surface area contributed by atoms with Gasteiger partial charge >= 0.3 is 0 Å². The smallest absolute Gasteiger partial charge is 0.193 e. The number of rotatable bonds is 6. The van der Waals surface area contributed by atoms with Crippen molar-refractivity contribution in [2.24, 2.45) is 10.7 Å². The molecule has 3 rings (SSSR count). The van der Waals surface area contributed by atoms with E-state index in [0.29, 0.717) is 12.5 Å². The first kappa shape index (κ1) is 23.5. The molecule has 0 saturated carbocycles. The highest BCUT2D eigenvalue weighted by Gasteiger charge is 2.35. The lowest BCUT2D eigenvalue weighted by molar-refractivity contribution is 0.0529. The molecular formula is C23H32IN3O2. The number of aliphatic imine (C=N–C) groups is 1. The van der Waals surface area contributed by atoms with Gasteiger partial charge in [0.05, 0.1) is 12.6 Å². The Morgan fingerprint density at radius 2 is 1.79 bits per heavy atom. The molecule has 1 saturated heterocycles. The molecule has 6 heteroatoms. The second kappa shape index (κ2) is 10.8. The van der Waals surface area contributed by atoms with Crippen LogP contribution >= 0.6 is 24.0 Å². The van der Waals surface area contributed by atoms with Crippen LogP contribution in [0.15, 0.2) is 53.5 Å². The van der Waals surface area contributed by atoms with Gasteiger partial charge in [-0.05, 0) is 69.0 Å². The molecule has 1 aliphatic rings. The molecule has 0 atom stereocenters. The van der Waals surface area contributed by atoms with Crippen LogP contribution < -0.4 is 15.8 Å². The van der Waals surface area contributed by atoms with Crippen LogP contribution in [0, 0.1) is 6.92 Å². The molecule has 2 aromatic rings. The highest BCUT2D eigenvalue weighted by atomic mass is 127. The molecule has 0 aliphatic carbocycles. The minimum Gasteiger partial charge on any atom is -0.491 e. The Kier molecular flexibility index (Phi) is 8.77. The summed E-state index contributed by atoms with van der Waals surface area (Å²) in [6.07, 6.45) is 2.06. The van der Waals surface area contributed by atoms with E-state index in [2.05, 4.69) is 36.5 Å². The van der Waals surface area contributed by atoms with E-state index in [-0.39, 0.29) is 35.5 Å². The third kappa shape index (κ3) is 6.34. The third-order valence-electron chi connectivity index (χ3n) is 5.22. The summed E-state index contributed by atoms with van der Waals surface area (Å²) in [7, 11) is 0. The van der Waals surface area contributed by atoms with Crippen LogP contribution in [-0.4, -0.2) is 31.8 Å². The number of aryl methyl sites for hydroxylation is 1. The molecule has 0 spiro atoms. The Morgan fingerprint density at radius 1 is 1.14 bits per heavy atom. The second-order valence-corrected chi connectivity index (χ2v) is 7.73. The predicted octanol–water partition coefficient (Wildman–Crippen LogP) is 4.88. The number of nitrogens with zero attached hydrogens (tertiary/aromatic N) is 1. The van der Waals surface area contributed by atoms with E-state index in [1.165, 1.54) is 11.1 Å². The monoisotopic (exact) mass is 509 g/mol. The van der Waals surface area contributed by atoms with Gasteiger partial charge < -0.3 is 20.5 Å². The maximum absolute atomic E-state index is 6.19. The first-order chi connectivity index (χ1) is 13.5. The van der Waals surface area contributed by atoms with Crippen molar-refractivity contribution in [3.63, 3.8) is 0 Å². The molecule has 2 aromatic carbocycles. The highest BCUT2D eigenvalue weighted by Crippen LogP contribution is 2.37. The number of benzene rings is 2. The predicted molar refractivity (Wildman–Crippen MR) is 131 cm³/mol. The Morgan fingerprint density at radius 3 is 2.41 bits per heavy atom. The van der Waals surface area contributed by atoms with Crippen LogP contribution in [0.2, 0.25) is 0 Å². The van der Waals surface area contributed by atoms with Crippen molar-refractivity contribution < 1.29 is 9.47 Å². The molecule has 29 heavy (non-hydrogen) atoms. The number of halogens is 1. The summed E-state index contributed by atoms with van der Waals surface area (Å²) in [6, 6.07) is 16.3. The Balaban J connectivity index is 0.00000300. The molecule has 1 aliphatic heterocycles. The van der Waals surface area contributed by atoms with E-state index in [0.717, 1.165) is 37.5 Å². The van der Waals surface area contributed by atoms with Crippen molar-refractivity contribution >= 4 is 35.6 Å². The fourth-order valence-electron chi connectivity index (χ4n) is 3.76. The molecular weight excluding hydrogens is 477 g/mol. The van der Waals surface area contributed by atoms with Gasteiger partial charge in [0.1, 0.15) is 5.75 Å². The average Bonchev–Trinajstić information content (AvgIpc) is 2.69. The van der Waals surface area contributed by atoms with Gasteiger partial charge in [-0.15, -0.1) is 24.0 Å². The fourth-order valence-corrected chi connectivity index (χ4v) is 3.76. The average molecular weight is 509 g/mol. The van der Waals surface area contributed by atoms with Gasteiger partial charge in [-0.3, -0.25) is 4.99 Å². The van der Waals surface area contributed by atoms with Gasteiger partial charge in [-0.25, -0.2) is 0 Å². The van der Waals surface area contributed by atoms with Gasteiger partial charge in [0, 0.05) is 24.3 Å². The van der Waals surface area contributed by atoms with Crippen molar-refractivity contribution in [2.45, 2.75) is 45.1 Å². The molecule has 1 heterocycles. The van der Waals surface area contributed by atoms with Crippen LogP contribution in [0.25, 0.3) is 0 Å². The van der Waals surface area contributed by atoms with E-state index in [1.54, 1.807) is 0 Å². The zero-order valence-electron chi connectivity index (χ0n) is 17.5. The summed E-state index contributed by atoms with van der Waals surface area (Å²) in [6.45, 7) is 8.35. The topological polar surface area (TPSA) is 68.9 Å². The molecule has 0 aromatic heterocycles. The van der Waals surface area contributed by atoms with Crippen LogP contribution in [0.3, 0.4) is 0 Å². The summed E-state index contributed by atoms with van der Waals surface area (Å²) in [5.41, 5.74) is 9.72. The Labute approximate surface area is 191 Å². The SMILES string of the molecule is Cc1ccccc1C1(CN=C(N)Nc2ccc(OC(C)C)cc2)CCOCC1.I. The Bertz CT molecular complexity index is 800. The zero-order valence-corrected chi connectivity index (χ0v) is 19.8. The van der Waals surface area contributed by atoms with Crippen molar-refractivity contribution in [3.8, 4) is 5.75 Å². The minimum atomic E-state index is -0.0230. The summed E-state index contributed by atoms with van der Waals surface area (Å²) >= 11 is 0. The molecule has 0 unspecified atom stereocenters. The van der Waals surface area contributed by atoms with Crippen LogP contribution in [0.5, 0.6) is 5.75 Å². The lowest BCUT2D eigenvalue weighted by atomic mass is 9.72. The Hall–Kier alpha value is -1.80. The van der Waals surface area contributed by atoms with Gasteiger partial charge in [0.25, 0.3) is 0 Å². The number of nitrogens with two attached hydrogens (primary N) is 1. The first-order valence-corrected chi connectivity index (χ1v) is 9.96. The van der Waals surface area contributed by atoms with E-state index in [1.807, 2.05) is 38.1 Å². The van der Waals surface area contributed by atoms with Crippen LogP contribution in [0.4, 0.5) is 5.69 Å². The number of nitrogens with one attached hydrogen (secondary N) is 1. The maximum Gasteiger partial charge on any atom is 0.193 e. The molecule has 1 fully saturated rings. The van der Waals surface area contributed by atoms with E-state index in [9.17, 15) is 0 Å². The van der Waals surface area contributed by atoms with Gasteiger partial charge in [-0.2, -0.15) is 0 Å². The lowest BCUT2D eigenvalue weighted by Crippen LogP contribution is -2.38. The fraction of sp³-hybridized carbons (Fsp3) is 0.435. The molecule has 158 valence electrons. The quantitative estimate of drug-likeness (QED) is 0.331. The van der Waals surface area contributed by atoms with Gasteiger partial charge in [0.15, 0.2) is 5.96 Å². The summed E-state index contributed by atoms with van der Waals surface area (Å²) in [5, 5.41) is 3.19. The number of anilines is 1. The van der Waals surface area contributed by atoms with E-state index in [4.69, 9.17) is 20.2 Å². The minimum absolute atomic E-state index is 0.